The fourth-order valence-electron chi connectivity index (χ4n) is 7.39. The number of anilines is 5. The van der Waals surface area contributed by atoms with Gasteiger partial charge in [-0.2, -0.15) is 0 Å². The summed E-state index contributed by atoms with van der Waals surface area (Å²) in [6.45, 7) is 0. The van der Waals surface area contributed by atoms with Gasteiger partial charge >= 0.3 is 0 Å². The van der Waals surface area contributed by atoms with Gasteiger partial charge in [-0.15, -0.1) is 0 Å². The minimum atomic E-state index is -0.111. The summed E-state index contributed by atoms with van der Waals surface area (Å²) in [7, 11) is 0. The quantitative estimate of drug-likeness (QED) is 0.186. The number of fused-ring (bicyclic) bond motifs is 2. The predicted molar refractivity (Wildman–Crippen MR) is 204 cm³/mol. The van der Waals surface area contributed by atoms with Gasteiger partial charge in [0.1, 0.15) is 6.17 Å². The maximum absolute atomic E-state index is 4.93. The van der Waals surface area contributed by atoms with E-state index < -0.39 is 0 Å². The number of hydrogen-bond donors (Lipinski definition) is 1. The zero-order valence-corrected chi connectivity index (χ0v) is 27.6. The van der Waals surface area contributed by atoms with Crippen molar-refractivity contribution in [1.82, 2.24) is 15.0 Å². The molecule has 2 aromatic heterocycles. The van der Waals surface area contributed by atoms with Gasteiger partial charge in [0, 0.05) is 46.3 Å². The van der Waals surface area contributed by atoms with Crippen LogP contribution in [0, 0.1) is 0 Å². The molecule has 6 heteroatoms. The number of allylic oxidation sites excluding steroid dienone is 2. The lowest BCUT2D eigenvalue weighted by Crippen LogP contribution is -2.24. The maximum atomic E-state index is 4.93. The lowest BCUT2D eigenvalue weighted by Gasteiger charge is -2.32. The number of pyridine rings is 1. The van der Waals surface area contributed by atoms with E-state index >= 15 is 0 Å². The molecule has 50 heavy (non-hydrogen) atoms. The van der Waals surface area contributed by atoms with Crippen LogP contribution in [0.3, 0.4) is 0 Å². The summed E-state index contributed by atoms with van der Waals surface area (Å²) in [5, 5.41) is 6.17. The molecule has 1 N–H and O–H groups in total. The molecule has 0 saturated carbocycles. The molecule has 2 aliphatic rings. The first-order valence-corrected chi connectivity index (χ1v) is 17.3. The van der Waals surface area contributed by atoms with Crippen molar-refractivity contribution in [3.05, 3.63) is 181 Å². The van der Waals surface area contributed by atoms with E-state index in [-0.39, 0.29) is 6.17 Å². The van der Waals surface area contributed by atoms with Crippen LogP contribution < -0.4 is 15.1 Å². The maximum Gasteiger partial charge on any atom is 0.147 e. The average molecular weight is 649 g/mol. The standard InChI is InChI=1S/C44H36N6/c1-3-14-34(15-4-1)49(42-21-11-13-31-12-7-8-18-37(31)42)36-25-22-32(23-26-36)40-29-47-41(30-46-40)33-24-27-39(45-28-33)44-48-38-19-9-10-20-43(38)50(44)35-16-5-2-6-17-35/h1-21,24-25,27-30,32,44,48H,22-23,26H2. The van der Waals surface area contributed by atoms with E-state index in [1.807, 2.05) is 24.7 Å². The Kier molecular flexibility index (Phi) is 7.74. The van der Waals surface area contributed by atoms with E-state index in [0.717, 1.165) is 59.0 Å². The number of aromatic nitrogens is 3. The first-order valence-electron chi connectivity index (χ1n) is 17.3. The molecule has 0 spiro atoms. The topological polar surface area (TPSA) is 57.2 Å². The molecule has 242 valence electrons. The second-order valence-corrected chi connectivity index (χ2v) is 12.9. The minimum absolute atomic E-state index is 0.111. The van der Waals surface area contributed by atoms with Gasteiger partial charge in [-0.1, -0.05) is 91.0 Å². The van der Waals surface area contributed by atoms with Crippen LogP contribution in [0.5, 0.6) is 0 Å². The van der Waals surface area contributed by atoms with E-state index in [1.165, 1.54) is 27.8 Å². The molecule has 5 aromatic carbocycles. The molecule has 0 saturated heterocycles. The molecular formula is C44H36N6. The van der Waals surface area contributed by atoms with E-state index in [9.17, 15) is 0 Å². The highest BCUT2D eigenvalue weighted by Crippen LogP contribution is 2.45. The van der Waals surface area contributed by atoms with Gasteiger partial charge in [0.15, 0.2) is 0 Å². The number of nitrogens with zero attached hydrogens (tertiary/aromatic N) is 5. The summed E-state index contributed by atoms with van der Waals surface area (Å²) in [5.74, 6) is 0.324. The highest BCUT2D eigenvalue weighted by molar-refractivity contribution is 5.97. The number of hydrogen-bond acceptors (Lipinski definition) is 6. The molecular weight excluding hydrogens is 613 g/mol. The van der Waals surface area contributed by atoms with Gasteiger partial charge in [0.25, 0.3) is 0 Å². The van der Waals surface area contributed by atoms with Crippen LogP contribution in [-0.2, 0) is 0 Å². The Morgan fingerprint density at radius 1 is 0.640 bits per heavy atom. The van der Waals surface area contributed by atoms with Crippen LogP contribution in [0.15, 0.2) is 170 Å². The van der Waals surface area contributed by atoms with Crippen molar-refractivity contribution in [3.8, 4) is 11.3 Å². The van der Waals surface area contributed by atoms with Crippen molar-refractivity contribution in [1.29, 1.82) is 0 Å². The van der Waals surface area contributed by atoms with Crippen LogP contribution in [0.25, 0.3) is 22.0 Å². The third-order valence-corrected chi connectivity index (χ3v) is 9.90. The van der Waals surface area contributed by atoms with Crippen molar-refractivity contribution in [2.24, 2.45) is 0 Å². The summed E-state index contributed by atoms with van der Waals surface area (Å²) in [5.41, 5.74) is 10.8. The molecule has 0 bridgehead atoms. The predicted octanol–water partition coefficient (Wildman–Crippen LogP) is 10.9. The van der Waals surface area contributed by atoms with Crippen LogP contribution in [0.1, 0.15) is 42.7 Å². The average Bonchev–Trinajstić information content (AvgIpc) is 3.59. The Hall–Kier alpha value is -6.27. The Morgan fingerprint density at radius 2 is 1.40 bits per heavy atom. The van der Waals surface area contributed by atoms with Crippen molar-refractivity contribution >= 4 is 39.2 Å². The molecule has 2 atom stereocenters. The second kappa shape index (κ2) is 13.0. The van der Waals surface area contributed by atoms with E-state index in [0.29, 0.717) is 5.92 Å². The lowest BCUT2D eigenvalue weighted by atomic mass is 9.89. The third kappa shape index (κ3) is 5.55. The fourth-order valence-corrected chi connectivity index (χ4v) is 7.39. The number of benzene rings is 5. The normalized spacial score (nSPS) is 16.8. The summed E-state index contributed by atoms with van der Waals surface area (Å²) in [4.78, 5) is 19.5. The number of para-hydroxylation sites is 4. The van der Waals surface area contributed by atoms with Gasteiger partial charge in [-0.05, 0) is 79.2 Å². The first-order chi connectivity index (χ1) is 24.8. The molecule has 2 unspecified atom stereocenters. The van der Waals surface area contributed by atoms with Crippen LogP contribution in [0.4, 0.5) is 28.4 Å². The number of nitrogens with one attached hydrogen (secondary N) is 1. The Balaban J connectivity index is 0.935. The van der Waals surface area contributed by atoms with Gasteiger partial charge in [0.2, 0.25) is 0 Å². The Bertz CT molecular complexity index is 2280. The lowest BCUT2D eigenvalue weighted by molar-refractivity contribution is 0.578. The number of rotatable bonds is 7. The Morgan fingerprint density at radius 3 is 2.18 bits per heavy atom. The molecule has 6 nitrogen and oxygen atoms in total. The van der Waals surface area contributed by atoms with Gasteiger partial charge in [0.05, 0.1) is 40.3 Å². The molecule has 0 radical (unpaired) electrons. The molecule has 0 amide bonds. The SMILES string of the molecule is C1=C(N(c2ccccc2)c2cccc3ccccc23)CCC(c2cnc(-c3ccc(C4Nc5ccccc5N4c4ccccc4)nc3)cn2)C1. The summed E-state index contributed by atoms with van der Waals surface area (Å²) >= 11 is 0. The second-order valence-electron chi connectivity index (χ2n) is 12.9. The summed E-state index contributed by atoms with van der Waals surface area (Å²) < 4.78 is 0. The molecule has 1 aliphatic heterocycles. The minimum Gasteiger partial charge on any atom is -0.358 e. The van der Waals surface area contributed by atoms with Crippen molar-refractivity contribution < 1.29 is 0 Å². The smallest absolute Gasteiger partial charge is 0.147 e. The van der Waals surface area contributed by atoms with Crippen molar-refractivity contribution in [3.63, 3.8) is 0 Å². The zero-order valence-electron chi connectivity index (χ0n) is 27.6. The summed E-state index contributed by atoms with van der Waals surface area (Å²) in [6.07, 6.45) is 10.9. The molecule has 0 fully saturated rings. The fraction of sp³-hybridized carbons (Fsp3) is 0.114. The largest absolute Gasteiger partial charge is 0.358 e. The van der Waals surface area contributed by atoms with Crippen molar-refractivity contribution in [2.75, 3.05) is 15.1 Å². The van der Waals surface area contributed by atoms with Gasteiger partial charge in [-0.3, -0.25) is 15.0 Å². The van der Waals surface area contributed by atoms with Crippen LogP contribution >= 0.6 is 0 Å². The van der Waals surface area contributed by atoms with Gasteiger partial charge < -0.3 is 15.1 Å². The highest BCUT2D eigenvalue weighted by Gasteiger charge is 2.32. The molecule has 7 aromatic rings. The first kappa shape index (κ1) is 29.8. The van der Waals surface area contributed by atoms with E-state index in [1.54, 1.807) is 0 Å². The monoisotopic (exact) mass is 648 g/mol. The molecule has 1 aliphatic carbocycles. The Labute approximate surface area is 292 Å². The van der Waals surface area contributed by atoms with Crippen molar-refractivity contribution in [2.45, 2.75) is 31.3 Å². The zero-order chi connectivity index (χ0) is 33.3. The summed E-state index contributed by atoms with van der Waals surface area (Å²) in [6, 6.07) is 48.9. The third-order valence-electron chi connectivity index (χ3n) is 9.90. The van der Waals surface area contributed by atoms with Crippen LogP contribution in [-0.4, -0.2) is 15.0 Å². The van der Waals surface area contributed by atoms with Gasteiger partial charge in [-0.25, -0.2) is 0 Å². The molecule has 3 heterocycles. The highest BCUT2D eigenvalue weighted by atomic mass is 15.3. The van der Waals surface area contributed by atoms with Crippen LogP contribution in [0.2, 0.25) is 0 Å². The molecule has 9 rings (SSSR count). The van der Waals surface area contributed by atoms with E-state index in [4.69, 9.17) is 15.0 Å². The van der Waals surface area contributed by atoms with E-state index in [2.05, 4.69) is 155 Å².